The summed E-state index contributed by atoms with van der Waals surface area (Å²) >= 11 is 1.70. The molecule has 0 fully saturated rings. The van der Waals surface area contributed by atoms with Crippen LogP contribution in [0.4, 0.5) is 0 Å². The minimum Gasteiger partial charge on any atom is -0.134 e. The first-order valence-electron chi connectivity index (χ1n) is 3.65. The monoisotopic (exact) mass is 161 g/mol. The molecule has 0 aliphatic heterocycles. The second kappa shape index (κ2) is 2.35. The van der Waals surface area contributed by atoms with Gasteiger partial charge in [-0.1, -0.05) is 12.1 Å². The molecule has 1 aromatic heterocycles. The number of hydrogen-bond donors (Lipinski definition) is 0. The van der Waals surface area contributed by atoms with Crippen LogP contribution in [0.2, 0.25) is 0 Å². The van der Waals surface area contributed by atoms with Gasteiger partial charge in [-0.3, -0.25) is 0 Å². The van der Waals surface area contributed by atoms with Crippen molar-refractivity contribution in [2.24, 2.45) is 0 Å². The van der Waals surface area contributed by atoms with Crippen molar-refractivity contribution >= 4 is 21.4 Å². The maximum Gasteiger partial charge on any atom is 0.0487 e. The van der Waals surface area contributed by atoms with Gasteiger partial charge in [0.05, 0.1) is 0 Å². The second-order valence-electron chi connectivity index (χ2n) is 2.78. The van der Waals surface area contributed by atoms with Crippen LogP contribution in [0.5, 0.6) is 0 Å². The maximum atomic E-state index is 3.26. The van der Waals surface area contributed by atoms with Crippen molar-refractivity contribution in [3.8, 4) is 0 Å². The molecule has 55 valence electrons. The van der Waals surface area contributed by atoms with Crippen LogP contribution >= 0.6 is 11.3 Å². The standard InChI is InChI=1S/C10H9S/c1-7-4-3-5-9-10(7)8(2)6-11-9/h3-5H,1-2H3. The Morgan fingerprint density at radius 2 is 2.09 bits per heavy atom. The van der Waals surface area contributed by atoms with Gasteiger partial charge in [0.2, 0.25) is 0 Å². The van der Waals surface area contributed by atoms with E-state index in [1.807, 2.05) is 0 Å². The first-order chi connectivity index (χ1) is 5.29. The summed E-state index contributed by atoms with van der Waals surface area (Å²) in [5.74, 6) is 0. The highest BCUT2D eigenvalue weighted by Crippen LogP contribution is 2.26. The molecule has 11 heavy (non-hydrogen) atoms. The molecule has 0 aliphatic rings. The van der Waals surface area contributed by atoms with E-state index in [-0.39, 0.29) is 0 Å². The largest absolute Gasteiger partial charge is 0.134 e. The molecule has 0 bridgehead atoms. The Kier molecular flexibility index (Phi) is 1.46. The molecule has 0 saturated carbocycles. The van der Waals surface area contributed by atoms with Gasteiger partial charge in [0.1, 0.15) is 0 Å². The Labute approximate surface area is 70.5 Å². The third-order valence-corrected chi connectivity index (χ3v) is 2.89. The van der Waals surface area contributed by atoms with E-state index in [4.69, 9.17) is 0 Å². The van der Waals surface area contributed by atoms with E-state index >= 15 is 0 Å². The summed E-state index contributed by atoms with van der Waals surface area (Å²) in [6, 6.07) is 6.40. The van der Waals surface area contributed by atoms with E-state index in [1.165, 1.54) is 21.2 Å². The minimum absolute atomic E-state index is 1.28. The van der Waals surface area contributed by atoms with Crippen molar-refractivity contribution in [2.75, 3.05) is 0 Å². The van der Waals surface area contributed by atoms with Crippen LogP contribution in [0, 0.1) is 19.2 Å². The average Bonchev–Trinajstić information content (AvgIpc) is 2.34. The van der Waals surface area contributed by atoms with Crippen molar-refractivity contribution in [1.82, 2.24) is 0 Å². The molecule has 1 radical (unpaired) electrons. The summed E-state index contributed by atoms with van der Waals surface area (Å²) in [6.45, 7) is 4.27. The van der Waals surface area contributed by atoms with Crippen LogP contribution in [0.25, 0.3) is 10.1 Å². The van der Waals surface area contributed by atoms with E-state index in [1.54, 1.807) is 11.3 Å². The lowest BCUT2D eigenvalue weighted by atomic mass is 10.1. The normalized spacial score (nSPS) is 10.7. The lowest BCUT2D eigenvalue weighted by Gasteiger charge is -1.95. The first-order valence-corrected chi connectivity index (χ1v) is 4.47. The molecule has 0 N–H and O–H groups in total. The molecule has 2 aromatic rings. The third kappa shape index (κ3) is 0.962. The summed E-state index contributed by atoms with van der Waals surface area (Å²) < 4.78 is 1.35. The fourth-order valence-electron chi connectivity index (χ4n) is 1.39. The molecule has 0 saturated heterocycles. The molecular weight excluding hydrogens is 152 g/mol. The molecule has 1 heteroatoms. The molecule has 0 amide bonds. The predicted molar refractivity (Wildman–Crippen MR) is 50.1 cm³/mol. The van der Waals surface area contributed by atoms with E-state index in [0.29, 0.717) is 0 Å². The molecule has 0 spiro atoms. The van der Waals surface area contributed by atoms with Gasteiger partial charge in [-0.15, -0.1) is 11.3 Å². The number of thiophene rings is 1. The first kappa shape index (κ1) is 6.86. The Hall–Kier alpha value is -0.820. The molecule has 1 heterocycles. The van der Waals surface area contributed by atoms with Gasteiger partial charge in [-0.2, -0.15) is 0 Å². The van der Waals surface area contributed by atoms with E-state index in [9.17, 15) is 0 Å². The molecule has 0 aliphatic carbocycles. The van der Waals surface area contributed by atoms with Gasteiger partial charge in [0, 0.05) is 10.1 Å². The quantitative estimate of drug-likeness (QED) is 0.556. The van der Waals surface area contributed by atoms with Crippen LogP contribution in [0.1, 0.15) is 11.1 Å². The van der Waals surface area contributed by atoms with Crippen molar-refractivity contribution in [3.63, 3.8) is 0 Å². The maximum absolute atomic E-state index is 3.26. The van der Waals surface area contributed by atoms with Gasteiger partial charge < -0.3 is 0 Å². The van der Waals surface area contributed by atoms with E-state index in [0.717, 1.165) is 0 Å². The van der Waals surface area contributed by atoms with Crippen LogP contribution in [0.15, 0.2) is 18.2 Å². The minimum atomic E-state index is 1.28. The highest BCUT2D eigenvalue weighted by atomic mass is 32.1. The molecule has 0 nitrogen and oxygen atoms in total. The van der Waals surface area contributed by atoms with E-state index < -0.39 is 0 Å². The van der Waals surface area contributed by atoms with Gasteiger partial charge >= 0.3 is 0 Å². The van der Waals surface area contributed by atoms with Crippen LogP contribution < -0.4 is 0 Å². The number of hydrogen-bond acceptors (Lipinski definition) is 1. The number of benzene rings is 1. The Morgan fingerprint density at radius 3 is 2.82 bits per heavy atom. The Morgan fingerprint density at radius 1 is 1.27 bits per heavy atom. The molecule has 1 aromatic carbocycles. The smallest absolute Gasteiger partial charge is 0.0487 e. The SMILES string of the molecule is Cc1[c]sc2cccc(C)c12. The van der Waals surface area contributed by atoms with Crippen LogP contribution in [-0.4, -0.2) is 0 Å². The lowest BCUT2D eigenvalue weighted by molar-refractivity contribution is 1.50. The second-order valence-corrected chi connectivity index (χ2v) is 3.63. The Balaban J connectivity index is 2.96. The topological polar surface area (TPSA) is 0 Å². The van der Waals surface area contributed by atoms with E-state index in [2.05, 4.69) is 37.4 Å². The van der Waals surface area contributed by atoms with Crippen molar-refractivity contribution in [1.29, 1.82) is 0 Å². The zero-order chi connectivity index (χ0) is 7.84. The van der Waals surface area contributed by atoms with Gasteiger partial charge in [0.15, 0.2) is 0 Å². The predicted octanol–water partition coefficient (Wildman–Crippen LogP) is 3.32. The van der Waals surface area contributed by atoms with Crippen molar-refractivity contribution in [2.45, 2.75) is 13.8 Å². The number of fused-ring (bicyclic) bond motifs is 1. The van der Waals surface area contributed by atoms with Crippen LogP contribution in [0.3, 0.4) is 0 Å². The average molecular weight is 161 g/mol. The summed E-state index contributed by atoms with van der Waals surface area (Å²) in [5.41, 5.74) is 2.64. The van der Waals surface area contributed by atoms with Gasteiger partial charge in [-0.25, -0.2) is 0 Å². The molecule has 0 atom stereocenters. The highest BCUT2D eigenvalue weighted by Gasteiger charge is 2.01. The third-order valence-electron chi connectivity index (χ3n) is 1.92. The fourth-order valence-corrected chi connectivity index (χ4v) is 2.32. The highest BCUT2D eigenvalue weighted by molar-refractivity contribution is 7.16. The Bertz CT molecular complexity index is 385. The van der Waals surface area contributed by atoms with Crippen LogP contribution in [-0.2, 0) is 0 Å². The number of rotatable bonds is 0. The summed E-state index contributed by atoms with van der Waals surface area (Å²) in [6.07, 6.45) is 0. The number of aryl methyl sites for hydroxylation is 2. The summed E-state index contributed by atoms with van der Waals surface area (Å²) in [4.78, 5) is 0. The van der Waals surface area contributed by atoms with Gasteiger partial charge in [-0.05, 0) is 36.4 Å². The van der Waals surface area contributed by atoms with Gasteiger partial charge in [0.25, 0.3) is 0 Å². The molecule has 0 unspecified atom stereocenters. The zero-order valence-corrected chi connectivity index (χ0v) is 7.46. The fraction of sp³-hybridized carbons (Fsp3) is 0.200. The zero-order valence-electron chi connectivity index (χ0n) is 6.64. The van der Waals surface area contributed by atoms with Crippen molar-refractivity contribution < 1.29 is 0 Å². The van der Waals surface area contributed by atoms with Crippen molar-refractivity contribution in [3.05, 3.63) is 34.7 Å². The summed E-state index contributed by atoms with van der Waals surface area (Å²) in [5, 5.41) is 4.65. The molecular formula is C10H9S. The summed E-state index contributed by atoms with van der Waals surface area (Å²) in [7, 11) is 0. The molecule has 2 rings (SSSR count). The lowest BCUT2D eigenvalue weighted by Crippen LogP contribution is -1.73.